The highest BCUT2D eigenvalue weighted by Gasteiger charge is 2.08. The summed E-state index contributed by atoms with van der Waals surface area (Å²) >= 11 is 0. The Kier molecular flexibility index (Phi) is 2.01. The fraction of sp³-hybridized carbons (Fsp3) is 0.0909. The number of carbonyl (C=O) groups is 1. The van der Waals surface area contributed by atoms with Crippen LogP contribution in [0, 0.1) is 0 Å². The maximum absolute atomic E-state index is 11.0. The summed E-state index contributed by atoms with van der Waals surface area (Å²) in [4.78, 5) is 15.3. The van der Waals surface area contributed by atoms with Crippen LogP contribution in [0.3, 0.4) is 0 Å². The van der Waals surface area contributed by atoms with E-state index >= 15 is 0 Å². The lowest BCUT2D eigenvalue weighted by Crippen LogP contribution is -1.98. The molecular formula is C11H9N5O. The van der Waals surface area contributed by atoms with Gasteiger partial charge in [-0.15, -0.1) is 0 Å². The van der Waals surface area contributed by atoms with E-state index in [1.165, 1.54) is 0 Å². The van der Waals surface area contributed by atoms with Gasteiger partial charge in [-0.3, -0.25) is 9.48 Å². The second-order valence-corrected chi connectivity index (χ2v) is 3.69. The number of fused-ring (bicyclic) bond motifs is 1. The predicted molar refractivity (Wildman–Crippen MR) is 60.6 cm³/mol. The highest BCUT2D eigenvalue weighted by atomic mass is 16.1. The molecule has 17 heavy (non-hydrogen) atoms. The van der Waals surface area contributed by atoms with Gasteiger partial charge in [-0.25, -0.2) is 9.50 Å². The van der Waals surface area contributed by atoms with Gasteiger partial charge >= 0.3 is 0 Å². The van der Waals surface area contributed by atoms with Gasteiger partial charge in [0.05, 0.1) is 29.8 Å². The van der Waals surface area contributed by atoms with E-state index in [-0.39, 0.29) is 0 Å². The first-order valence-corrected chi connectivity index (χ1v) is 5.06. The van der Waals surface area contributed by atoms with Crippen molar-refractivity contribution in [3.05, 3.63) is 36.5 Å². The van der Waals surface area contributed by atoms with Gasteiger partial charge in [0.2, 0.25) is 0 Å². The molecule has 0 aliphatic heterocycles. The van der Waals surface area contributed by atoms with E-state index in [9.17, 15) is 4.79 Å². The second kappa shape index (κ2) is 3.51. The van der Waals surface area contributed by atoms with Crippen molar-refractivity contribution >= 4 is 11.8 Å². The molecule has 0 bridgehead atoms. The maximum atomic E-state index is 11.0. The zero-order valence-corrected chi connectivity index (χ0v) is 9.11. The van der Waals surface area contributed by atoms with E-state index in [1.54, 1.807) is 33.9 Å². The number of aromatic nitrogens is 5. The number of aryl methyl sites for hydroxylation is 1. The fourth-order valence-electron chi connectivity index (χ4n) is 1.73. The molecule has 3 heterocycles. The first-order valence-electron chi connectivity index (χ1n) is 5.06. The van der Waals surface area contributed by atoms with Gasteiger partial charge in [0, 0.05) is 18.8 Å². The first-order chi connectivity index (χ1) is 8.28. The zero-order chi connectivity index (χ0) is 11.8. The van der Waals surface area contributed by atoms with E-state index < -0.39 is 0 Å². The largest absolute Gasteiger partial charge is 0.296 e. The molecule has 0 aliphatic carbocycles. The lowest BCUT2D eigenvalue weighted by atomic mass is 10.2. The number of carbonyl (C=O) groups excluding carboxylic acids is 1. The molecule has 6 nitrogen and oxygen atoms in total. The molecular weight excluding hydrogens is 218 g/mol. The average Bonchev–Trinajstić information content (AvgIpc) is 2.95. The maximum Gasteiger partial charge on any atom is 0.170 e. The molecule has 0 amide bonds. The normalized spacial score (nSPS) is 10.9. The Morgan fingerprint density at radius 2 is 2.18 bits per heavy atom. The van der Waals surface area contributed by atoms with Crippen molar-refractivity contribution < 1.29 is 4.79 Å². The quantitative estimate of drug-likeness (QED) is 0.611. The summed E-state index contributed by atoms with van der Waals surface area (Å²) in [6.07, 6.45) is 7.69. The van der Waals surface area contributed by atoms with Crippen molar-refractivity contribution in [1.82, 2.24) is 24.4 Å². The third kappa shape index (κ3) is 1.50. The summed E-state index contributed by atoms with van der Waals surface area (Å²) in [6.45, 7) is 0. The molecule has 0 unspecified atom stereocenters. The molecule has 0 saturated carbocycles. The molecule has 0 fully saturated rings. The molecule has 0 radical (unpaired) electrons. The summed E-state index contributed by atoms with van der Waals surface area (Å²) in [5.74, 6) is 0. The van der Waals surface area contributed by atoms with E-state index in [4.69, 9.17) is 0 Å². The number of hydrogen-bond acceptors (Lipinski definition) is 4. The Morgan fingerprint density at radius 1 is 1.29 bits per heavy atom. The van der Waals surface area contributed by atoms with Crippen LogP contribution in [0.15, 0.2) is 30.9 Å². The lowest BCUT2D eigenvalue weighted by molar-refractivity contribution is 0.112. The van der Waals surface area contributed by atoms with Gasteiger partial charge in [0.15, 0.2) is 6.29 Å². The van der Waals surface area contributed by atoms with Gasteiger partial charge in [0.25, 0.3) is 0 Å². The van der Waals surface area contributed by atoms with Gasteiger partial charge in [-0.2, -0.15) is 10.2 Å². The summed E-state index contributed by atoms with van der Waals surface area (Å²) in [5, 5.41) is 8.19. The van der Waals surface area contributed by atoms with Crippen molar-refractivity contribution in [2.45, 2.75) is 0 Å². The van der Waals surface area contributed by atoms with Crippen molar-refractivity contribution in [3.8, 4) is 11.3 Å². The minimum atomic E-state index is 0.379. The van der Waals surface area contributed by atoms with Crippen LogP contribution in [0.25, 0.3) is 16.8 Å². The van der Waals surface area contributed by atoms with Gasteiger partial charge < -0.3 is 0 Å². The second-order valence-electron chi connectivity index (χ2n) is 3.69. The third-order valence-corrected chi connectivity index (χ3v) is 2.53. The van der Waals surface area contributed by atoms with E-state index in [1.807, 2.05) is 13.2 Å². The minimum absolute atomic E-state index is 0.379. The van der Waals surface area contributed by atoms with E-state index in [0.717, 1.165) is 11.8 Å². The van der Waals surface area contributed by atoms with Crippen molar-refractivity contribution in [2.75, 3.05) is 0 Å². The number of rotatable bonds is 2. The van der Waals surface area contributed by atoms with E-state index in [2.05, 4.69) is 15.2 Å². The summed E-state index contributed by atoms with van der Waals surface area (Å²) in [7, 11) is 1.83. The van der Waals surface area contributed by atoms with Crippen LogP contribution in [0.1, 0.15) is 10.5 Å². The summed E-state index contributed by atoms with van der Waals surface area (Å²) in [5.41, 5.74) is 2.61. The molecule has 0 atom stereocenters. The van der Waals surface area contributed by atoms with Crippen molar-refractivity contribution in [1.29, 1.82) is 0 Å². The first kappa shape index (κ1) is 9.71. The zero-order valence-electron chi connectivity index (χ0n) is 9.11. The Balaban J connectivity index is 2.26. The molecule has 0 N–H and O–H groups in total. The van der Waals surface area contributed by atoms with Crippen LogP contribution in [0.4, 0.5) is 0 Å². The van der Waals surface area contributed by atoms with Crippen molar-refractivity contribution in [2.24, 2.45) is 7.05 Å². The Hall–Kier alpha value is -2.50. The standard InChI is InChI=1S/C11H9N5O/c1-15-5-8(4-13-15)9-6-16-11(2-3-12-16)10(7-17)14-9/h2-7H,1H3. The van der Waals surface area contributed by atoms with Crippen molar-refractivity contribution in [3.63, 3.8) is 0 Å². The predicted octanol–water partition coefficient (Wildman–Crippen LogP) is 0.942. The highest BCUT2D eigenvalue weighted by molar-refractivity contribution is 5.84. The molecule has 0 aromatic carbocycles. The molecule has 3 aromatic heterocycles. The van der Waals surface area contributed by atoms with Crippen LogP contribution in [-0.2, 0) is 7.05 Å². The molecule has 0 spiro atoms. The molecule has 3 aromatic rings. The molecule has 6 heteroatoms. The minimum Gasteiger partial charge on any atom is -0.296 e. The third-order valence-electron chi connectivity index (χ3n) is 2.53. The summed E-state index contributed by atoms with van der Waals surface area (Å²) in [6, 6.07) is 1.75. The van der Waals surface area contributed by atoms with Crippen LogP contribution >= 0.6 is 0 Å². The molecule has 0 aliphatic rings. The number of aldehydes is 1. The molecule has 3 rings (SSSR count). The highest BCUT2D eigenvalue weighted by Crippen LogP contribution is 2.17. The van der Waals surface area contributed by atoms with Gasteiger partial charge in [-0.05, 0) is 6.07 Å². The Morgan fingerprint density at radius 3 is 2.88 bits per heavy atom. The van der Waals surface area contributed by atoms with Crippen LogP contribution in [0.2, 0.25) is 0 Å². The lowest BCUT2D eigenvalue weighted by Gasteiger charge is -2.01. The van der Waals surface area contributed by atoms with Gasteiger partial charge in [-0.1, -0.05) is 0 Å². The topological polar surface area (TPSA) is 65.1 Å². The smallest absolute Gasteiger partial charge is 0.170 e. The number of hydrogen-bond donors (Lipinski definition) is 0. The molecule has 84 valence electrons. The van der Waals surface area contributed by atoms with Crippen LogP contribution < -0.4 is 0 Å². The Bertz CT molecular complexity index is 697. The Labute approximate surface area is 96.5 Å². The number of nitrogens with zero attached hydrogens (tertiary/aromatic N) is 5. The van der Waals surface area contributed by atoms with Crippen LogP contribution in [-0.4, -0.2) is 30.7 Å². The fourth-order valence-corrected chi connectivity index (χ4v) is 1.73. The average molecular weight is 227 g/mol. The van der Waals surface area contributed by atoms with Crippen LogP contribution in [0.5, 0.6) is 0 Å². The van der Waals surface area contributed by atoms with Gasteiger partial charge in [0.1, 0.15) is 5.69 Å². The van der Waals surface area contributed by atoms with E-state index in [0.29, 0.717) is 16.9 Å². The molecule has 0 saturated heterocycles. The monoisotopic (exact) mass is 227 g/mol. The summed E-state index contributed by atoms with van der Waals surface area (Å²) < 4.78 is 3.32. The SMILES string of the molecule is Cn1cc(-c2cn3nccc3c(C=O)n2)cn1.